The molecule has 0 aliphatic heterocycles. The van der Waals surface area contributed by atoms with Gasteiger partial charge in [0.05, 0.1) is 13.2 Å². The molecule has 1 aromatic rings. The maximum Gasteiger partial charge on any atom is 0.408 e. The maximum absolute atomic E-state index is 11.7. The average molecular weight is 330 g/mol. The van der Waals surface area contributed by atoms with E-state index in [-0.39, 0.29) is 6.04 Å². The van der Waals surface area contributed by atoms with Crippen LogP contribution in [0.2, 0.25) is 0 Å². The van der Waals surface area contributed by atoms with Gasteiger partial charge in [-0.1, -0.05) is 15.9 Å². The number of hydrogen-bond donors (Lipinski definition) is 1. The summed E-state index contributed by atoms with van der Waals surface area (Å²) in [6.07, 6.45) is -0.443. The molecule has 1 N–H and O–H groups in total. The van der Waals surface area contributed by atoms with Gasteiger partial charge < -0.3 is 14.8 Å². The van der Waals surface area contributed by atoms with Gasteiger partial charge in [-0.15, -0.1) is 0 Å². The molecule has 0 unspecified atom stereocenters. The normalized spacial score (nSPS) is 12.7. The molecule has 0 saturated carbocycles. The molecule has 0 aliphatic carbocycles. The van der Waals surface area contributed by atoms with Crippen LogP contribution in [0.25, 0.3) is 0 Å². The summed E-state index contributed by atoms with van der Waals surface area (Å²) in [6, 6.07) is 5.46. The van der Waals surface area contributed by atoms with Crippen LogP contribution in [0.5, 0.6) is 5.75 Å². The lowest BCUT2D eigenvalue weighted by atomic mass is 10.1. The third-order valence-electron chi connectivity index (χ3n) is 2.39. The molecule has 1 rings (SSSR count). The molecule has 4 nitrogen and oxygen atoms in total. The standard InChI is InChI=1S/C14H20BrNO3/c1-9(16-13(17)19-14(2,3)4)11-8-10(15)6-7-12(11)18-5/h6-9H,1-5H3,(H,16,17)/t9-/m1/s1. The first kappa shape index (κ1) is 15.8. The van der Waals surface area contributed by atoms with Gasteiger partial charge in [0.1, 0.15) is 11.4 Å². The zero-order valence-corrected chi connectivity index (χ0v) is 13.5. The van der Waals surface area contributed by atoms with Crippen molar-refractivity contribution in [2.24, 2.45) is 0 Å². The number of nitrogens with one attached hydrogen (secondary N) is 1. The summed E-state index contributed by atoms with van der Waals surface area (Å²) in [6.45, 7) is 7.37. The minimum absolute atomic E-state index is 0.206. The summed E-state index contributed by atoms with van der Waals surface area (Å²) in [5.74, 6) is 0.728. The fourth-order valence-corrected chi connectivity index (χ4v) is 1.98. The topological polar surface area (TPSA) is 47.6 Å². The van der Waals surface area contributed by atoms with Crippen molar-refractivity contribution in [3.05, 3.63) is 28.2 Å². The highest BCUT2D eigenvalue weighted by Crippen LogP contribution is 2.28. The highest BCUT2D eigenvalue weighted by Gasteiger charge is 2.20. The van der Waals surface area contributed by atoms with Crippen LogP contribution in [0.4, 0.5) is 4.79 Å². The minimum Gasteiger partial charge on any atom is -0.496 e. The summed E-state index contributed by atoms with van der Waals surface area (Å²) in [5.41, 5.74) is 0.383. The number of alkyl carbamates (subject to hydrolysis) is 1. The molecule has 5 heteroatoms. The van der Waals surface area contributed by atoms with Crippen molar-refractivity contribution in [2.75, 3.05) is 7.11 Å². The van der Waals surface area contributed by atoms with E-state index in [0.29, 0.717) is 0 Å². The molecular formula is C14H20BrNO3. The van der Waals surface area contributed by atoms with Gasteiger partial charge in [-0.2, -0.15) is 0 Å². The molecule has 0 bridgehead atoms. The van der Waals surface area contributed by atoms with Crippen molar-refractivity contribution in [1.82, 2.24) is 5.32 Å². The van der Waals surface area contributed by atoms with Gasteiger partial charge in [0.15, 0.2) is 0 Å². The van der Waals surface area contributed by atoms with Crippen LogP contribution in [-0.2, 0) is 4.74 Å². The van der Waals surface area contributed by atoms with Crippen LogP contribution >= 0.6 is 15.9 Å². The van der Waals surface area contributed by atoms with Crippen LogP contribution in [-0.4, -0.2) is 18.8 Å². The van der Waals surface area contributed by atoms with Gasteiger partial charge in [0.2, 0.25) is 0 Å². The summed E-state index contributed by atoms with van der Waals surface area (Å²) in [4.78, 5) is 11.7. The molecule has 0 aliphatic rings. The van der Waals surface area contributed by atoms with Crippen molar-refractivity contribution in [1.29, 1.82) is 0 Å². The molecule has 19 heavy (non-hydrogen) atoms. The van der Waals surface area contributed by atoms with Gasteiger partial charge in [0.25, 0.3) is 0 Å². The number of ether oxygens (including phenoxy) is 2. The third-order valence-corrected chi connectivity index (χ3v) is 2.88. The second-order valence-electron chi connectivity index (χ2n) is 5.25. The highest BCUT2D eigenvalue weighted by molar-refractivity contribution is 9.10. The Morgan fingerprint density at radius 2 is 2.00 bits per heavy atom. The summed E-state index contributed by atoms with van der Waals surface area (Å²) in [5, 5.41) is 2.79. The van der Waals surface area contributed by atoms with Gasteiger partial charge in [0, 0.05) is 10.0 Å². The molecular weight excluding hydrogens is 310 g/mol. The molecule has 1 atom stereocenters. The van der Waals surface area contributed by atoms with E-state index >= 15 is 0 Å². The Balaban J connectivity index is 2.80. The first-order chi connectivity index (χ1) is 8.73. The minimum atomic E-state index is -0.509. The number of methoxy groups -OCH3 is 1. The SMILES string of the molecule is COc1ccc(Br)cc1[C@@H](C)NC(=O)OC(C)(C)C. The van der Waals surface area contributed by atoms with Crippen LogP contribution in [0, 0.1) is 0 Å². The summed E-state index contributed by atoms with van der Waals surface area (Å²) >= 11 is 3.41. The Bertz CT molecular complexity index is 454. The monoisotopic (exact) mass is 329 g/mol. The van der Waals surface area contributed by atoms with Crippen LogP contribution in [0.3, 0.4) is 0 Å². The number of carbonyl (C=O) groups excluding carboxylic acids is 1. The fourth-order valence-electron chi connectivity index (χ4n) is 1.61. The molecule has 0 radical (unpaired) electrons. The Hall–Kier alpha value is -1.23. The maximum atomic E-state index is 11.7. The smallest absolute Gasteiger partial charge is 0.408 e. The van der Waals surface area contributed by atoms with Crippen LogP contribution in [0.1, 0.15) is 39.3 Å². The quantitative estimate of drug-likeness (QED) is 0.910. The molecule has 0 fully saturated rings. The number of halogens is 1. The largest absolute Gasteiger partial charge is 0.496 e. The lowest BCUT2D eigenvalue weighted by molar-refractivity contribution is 0.0507. The Morgan fingerprint density at radius 3 is 2.53 bits per heavy atom. The average Bonchev–Trinajstić information content (AvgIpc) is 2.26. The highest BCUT2D eigenvalue weighted by atomic mass is 79.9. The van der Waals surface area contributed by atoms with Crippen molar-refractivity contribution in [3.63, 3.8) is 0 Å². The number of benzene rings is 1. The number of carbonyl (C=O) groups is 1. The van der Waals surface area contributed by atoms with Crippen molar-refractivity contribution >= 4 is 22.0 Å². The molecule has 0 saturated heterocycles. The molecule has 1 amide bonds. The molecule has 106 valence electrons. The first-order valence-corrected chi connectivity index (χ1v) is 6.85. The van der Waals surface area contributed by atoms with E-state index in [0.717, 1.165) is 15.8 Å². The van der Waals surface area contributed by atoms with Crippen molar-refractivity contribution < 1.29 is 14.3 Å². The van der Waals surface area contributed by atoms with E-state index in [4.69, 9.17) is 9.47 Å². The first-order valence-electron chi connectivity index (χ1n) is 6.06. The van der Waals surface area contributed by atoms with Crippen LogP contribution < -0.4 is 10.1 Å². The van der Waals surface area contributed by atoms with Crippen molar-refractivity contribution in [2.45, 2.75) is 39.3 Å². The lowest BCUT2D eigenvalue weighted by Gasteiger charge is -2.23. The second-order valence-corrected chi connectivity index (χ2v) is 6.17. The van der Waals surface area contributed by atoms with E-state index in [1.807, 2.05) is 45.9 Å². The van der Waals surface area contributed by atoms with Gasteiger partial charge in [-0.3, -0.25) is 0 Å². The number of amides is 1. The number of rotatable bonds is 3. The third kappa shape index (κ3) is 5.11. The lowest BCUT2D eigenvalue weighted by Crippen LogP contribution is -2.34. The Kier molecular flexibility index (Phi) is 5.23. The summed E-state index contributed by atoms with van der Waals surface area (Å²) < 4.78 is 11.5. The Labute approximate surface area is 122 Å². The molecule has 0 aromatic heterocycles. The molecule has 0 heterocycles. The van der Waals surface area contributed by atoms with Gasteiger partial charge >= 0.3 is 6.09 Å². The van der Waals surface area contributed by atoms with E-state index in [2.05, 4.69) is 21.2 Å². The van der Waals surface area contributed by atoms with Gasteiger partial charge in [-0.25, -0.2) is 4.79 Å². The zero-order chi connectivity index (χ0) is 14.6. The van der Waals surface area contributed by atoms with Gasteiger partial charge in [-0.05, 0) is 45.9 Å². The van der Waals surface area contributed by atoms with E-state index in [9.17, 15) is 4.79 Å². The number of hydrogen-bond acceptors (Lipinski definition) is 3. The Morgan fingerprint density at radius 1 is 1.37 bits per heavy atom. The zero-order valence-electron chi connectivity index (χ0n) is 11.9. The second kappa shape index (κ2) is 6.28. The predicted molar refractivity (Wildman–Crippen MR) is 78.5 cm³/mol. The van der Waals surface area contributed by atoms with Crippen LogP contribution in [0.15, 0.2) is 22.7 Å². The van der Waals surface area contributed by atoms with Crippen molar-refractivity contribution in [3.8, 4) is 5.75 Å². The molecule has 1 aromatic carbocycles. The molecule has 0 spiro atoms. The fraction of sp³-hybridized carbons (Fsp3) is 0.500. The summed E-state index contributed by atoms with van der Waals surface area (Å²) in [7, 11) is 1.60. The predicted octanol–water partition coefficient (Wildman–Crippen LogP) is 4.04. The van der Waals surface area contributed by atoms with E-state index in [1.54, 1.807) is 7.11 Å². The van der Waals surface area contributed by atoms with E-state index < -0.39 is 11.7 Å². The van der Waals surface area contributed by atoms with E-state index in [1.165, 1.54) is 0 Å².